The smallest absolute Gasteiger partial charge is 0.335 e. The van der Waals surface area contributed by atoms with Crippen LogP contribution in [0.3, 0.4) is 0 Å². The average Bonchev–Trinajstić information content (AvgIpc) is 2.41. The summed E-state index contributed by atoms with van der Waals surface area (Å²) in [6.45, 7) is -0.208. The molecule has 1 saturated heterocycles. The quantitative estimate of drug-likeness (QED) is 0.869. The fourth-order valence-corrected chi connectivity index (χ4v) is 2.12. The summed E-state index contributed by atoms with van der Waals surface area (Å²) in [6.07, 6.45) is -1.06. The number of ether oxygens (including phenoxy) is 2. The molecule has 0 saturated carbocycles. The Bertz CT molecular complexity index is 484. The molecular weight excluding hydrogens is 250 g/mol. The predicted molar refractivity (Wildman–Crippen MR) is 65.9 cm³/mol. The molecule has 0 aromatic heterocycles. The number of rotatable bonds is 3. The van der Waals surface area contributed by atoms with E-state index in [1.807, 2.05) is 0 Å². The molecule has 0 radical (unpaired) electrons. The third-order valence-electron chi connectivity index (χ3n) is 3.18. The van der Waals surface area contributed by atoms with E-state index in [0.717, 1.165) is 0 Å². The Morgan fingerprint density at radius 1 is 1.42 bits per heavy atom. The first kappa shape index (κ1) is 13.4. The summed E-state index contributed by atoms with van der Waals surface area (Å²) < 4.78 is 10.2. The monoisotopic (exact) mass is 265 g/mol. The van der Waals surface area contributed by atoms with Crippen molar-refractivity contribution < 1.29 is 24.2 Å². The van der Waals surface area contributed by atoms with Gasteiger partial charge in [-0.3, -0.25) is 4.79 Å². The number of nitrogens with zero attached hydrogens (tertiary/aromatic N) is 1. The standard InChI is InChI=1S/C13H15NO5/c1-14-10(15)7-19-12(13(16)17)11(14)8-3-5-9(18-2)6-4-8/h3-6,11-12H,7H2,1-2H3,(H,16,17). The summed E-state index contributed by atoms with van der Waals surface area (Å²) in [6, 6.07) is 6.28. The number of hydrogen-bond donors (Lipinski definition) is 1. The highest BCUT2D eigenvalue weighted by atomic mass is 16.5. The van der Waals surface area contributed by atoms with Gasteiger partial charge in [0, 0.05) is 7.05 Å². The molecule has 1 heterocycles. The lowest BCUT2D eigenvalue weighted by Crippen LogP contribution is -2.50. The van der Waals surface area contributed by atoms with E-state index < -0.39 is 18.1 Å². The second-order valence-electron chi connectivity index (χ2n) is 4.29. The summed E-state index contributed by atoms with van der Waals surface area (Å²) >= 11 is 0. The Morgan fingerprint density at radius 3 is 2.58 bits per heavy atom. The predicted octanol–water partition coefficient (Wildman–Crippen LogP) is 0.678. The van der Waals surface area contributed by atoms with Crippen LogP contribution in [0.25, 0.3) is 0 Å². The molecule has 0 bridgehead atoms. The van der Waals surface area contributed by atoms with E-state index >= 15 is 0 Å². The van der Waals surface area contributed by atoms with Crippen molar-refractivity contribution in [3.05, 3.63) is 29.8 Å². The second-order valence-corrected chi connectivity index (χ2v) is 4.29. The largest absolute Gasteiger partial charge is 0.497 e. The number of carboxylic acids is 1. The normalized spacial score (nSPS) is 23.3. The third-order valence-corrected chi connectivity index (χ3v) is 3.18. The van der Waals surface area contributed by atoms with Gasteiger partial charge in [0.1, 0.15) is 12.4 Å². The first-order valence-electron chi connectivity index (χ1n) is 5.78. The summed E-state index contributed by atoms with van der Waals surface area (Å²) in [5.41, 5.74) is 0.698. The molecule has 1 fully saturated rings. The topological polar surface area (TPSA) is 76.1 Å². The number of likely N-dealkylation sites (N-methyl/N-ethyl adjacent to an activating group) is 1. The Balaban J connectivity index is 2.34. The van der Waals surface area contributed by atoms with Crippen molar-refractivity contribution in [2.24, 2.45) is 0 Å². The molecule has 1 N–H and O–H groups in total. The van der Waals surface area contributed by atoms with E-state index in [2.05, 4.69) is 0 Å². The summed E-state index contributed by atoms with van der Waals surface area (Å²) in [4.78, 5) is 24.3. The lowest BCUT2D eigenvalue weighted by molar-refractivity contribution is -0.171. The van der Waals surface area contributed by atoms with Crippen LogP contribution < -0.4 is 4.74 Å². The molecule has 19 heavy (non-hydrogen) atoms. The Kier molecular flexibility index (Phi) is 3.71. The number of hydrogen-bond acceptors (Lipinski definition) is 4. The zero-order valence-electron chi connectivity index (χ0n) is 10.7. The van der Waals surface area contributed by atoms with Gasteiger partial charge in [0.05, 0.1) is 13.2 Å². The Hall–Kier alpha value is -2.08. The van der Waals surface area contributed by atoms with Gasteiger partial charge in [0.15, 0.2) is 6.10 Å². The molecule has 102 valence electrons. The SMILES string of the molecule is COc1ccc(C2C(C(=O)O)OCC(=O)N2C)cc1. The maximum absolute atomic E-state index is 11.7. The zero-order valence-corrected chi connectivity index (χ0v) is 10.7. The van der Waals surface area contributed by atoms with Crippen LogP contribution >= 0.6 is 0 Å². The van der Waals surface area contributed by atoms with E-state index in [0.29, 0.717) is 11.3 Å². The summed E-state index contributed by atoms with van der Waals surface area (Å²) in [5, 5.41) is 9.19. The van der Waals surface area contributed by atoms with Crippen LogP contribution in [0.15, 0.2) is 24.3 Å². The van der Waals surface area contributed by atoms with Gasteiger partial charge in [-0.05, 0) is 17.7 Å². The molecular formula is C13H15NO5. The van der Waals surface area contributed by atoms with Gasteiger partial charge < -0.3 is 19.5 Å². The summed E-state index contributed by atoms with van der Waals surface area (Å²) in [5.74, 6) is -0.653. The van der Waals surface area contributed by atoms with Crippen LogP contribution in [0.4, 0.5) is 0 Å². The lowest BCUT2D eigenvalue weighted by atomic mass is 9.98. The molecule has 1 aromatic carbocycles. The van der Waals surface area contributed by atoms with E-state index in [1.54, 1.807) is 38.4 Å². The first-order valence-corrected chi connectivity index (χ1v) is 5.78. The van der Waals surface area contributed by atoms with Crippen molar-refractivity contribution in [2.75, 3.05) is 20.8 Å². The molecule has 1 aliphatic heterocycles. The van der Waals surface area contributed by atoms with Gasteiger partial charge in [0.2, 0.25) is 5.91 Å². The summed E-state index contributed by atoms with van der Waals surface area (Å²) in [7, 11) is 3.13. The van der Waals surface area contributed by atoms with Crippen molar-refractivity contribution in [1.29, 1.82) is 0 Å². The highest BCUT2D eigenvalue weighted by Gasteiger charge is 2.39. The molecule has 2 atom stereocenters. The maximum Gasteiger partial charge on any atom is 0.335 e. The number of carboxylic acid groups (broad SMARTS) is 1. The molecule has 0 spiro atoms. The van der Waals surface area contributed by atoms with Crippen molar-refractivity contribution in [3.8, 4) is 5.75 Å². The maximum atomic E-state index is 11.7. The van der Waals surface area contributed by atoms with Gasteiger partial charge >= 0.3 is 5.97 Å². The Morgan fingerprint density at radius 2 is 2.05 bits per heavy atom. The Labute approximate surface area is 110 Å². The molecule has 2 rings (SSSR count). The van der Waals surface area contributed by atoms with Crippen molar-refractivity contribution in [1.82, 2.24) is 4.90 Å². The van der Waals surface area contributed by atoms with Crippen LogP contribution in [0, 0.1) is 0 Å². The number of morpholine rings is 1. The minimum absolute atomic E-state index is 0.208. The van der Waals surface area contributed by atoms with Crippen molar-refractivity contribution in [2.45, 2.75) is 12.1 Å². The number of carbonyl (C=O) groups is 2. The molecule has 6 heteroatoms. The molecule has 0 aliphatic carbocycles. The number of benzene rings is 1. The highest BCUT2D eigenvalue weighted by molar-refractivity contribution is 5.82. The fourth-order valence-electron chi connectivity index (χ4n) is 2.12. The van der Waals surface area contributed by atoms with Gasteiger partial charge in [-0.15, -0.1) is 0 Å². The van der Waals surface area contributed by atoms with E-state index in [4.69, 9.17) is 9.47 Å². The van der Waals surface area contributed by atoms with Crippen LogP contribution in [0.1, 0.15) is 11.6 Å². The first-order chi connectivity index (χ1) is 9.04. The number of aliphatic carboxylic acids is 1. The van der Waals surface area contributed by atoms with Gasteiger partial charge in [-0.1, -0.05) is 12.1 Å². The number of carbonyl (C=O) groups excluding carboxylic acids is 1. The minimum Gasteiger partial charge on any atom is -0.497 e. The van der Waals surface area contributed by atoms with Crippen LogP contribution in [0.5, 0.6) is 5.75 Å². The van der Waals surface area contributed by atoms with Gasteiger partial charge in [-0.25, -0.2) is 4.79 Å². The fraction of sp³-hybridized carbons (Fsp3) is 0.385. The second kappa shape index (κ2) is 5.27. The average molecular weight is 265 g/mol. The molecule has 6 nitrogen and oxygen atoms in total. The lowest BCUT2D eigenvalue weighted by Gasteiger charge is -2.37. The third kappa shape index (κ3) is 2.53. The van der Waals surface area contributed by atoms with Crippen LogP contribution in [-0.2, 0) is 14.3 Å². The molecule has 1 amide bonds. The number of amides is 1. The van der Waals surface area contributed by atoms with Crippen LogP contribution in [-0.4, -0.2) is 48.8 Å². The van der Waals surface area contributed by atoms with Crippen LogP contribution in [0.2, 0.25) is 0 Å². The molecule has 1 aromatic rings. The zero-order chi connectivity index (χ0) is 14.0. The van der Waals surface area contributed by atoms with E-state index in [9.17, 15) is 14.7 Å². The minimum atomic E-state index is -1.08. The van der Waals surface area contributed by atoms with Gasteiger partial charge in [0.25, 0.3) is 0 Å². The van der Waals surface area contributed by atoms with E-state index in [-0.39, 0.29) is 12.5 Å². The highest BCUT2D eigenvalue weighted by Crippen LogP contribution is 2.30. The van der Waals surface area contributed by atoms with Crippen molar-refractivity contribution in [3.63, 3.8) is 0 Å². The van der Waals surface area contributed by atoms with Gasteiger partial charge in [-0.2, -0.15) is 0 Å². The number of methoxy groups -OCH3 is 1. The van der Waals surface area contributed by atoms with E-state index in [1.165, 1.54) is 4.90 Å². The molecule has 1 aliphatic rings. The van der Waals surface area contributed by atoms with Crippen molar-refractivity contribution >= 4 is 11.9 Å². The molecule has 2 unspecified atom stereocenters.